The fourth-order valence-electron chi connectivity index (χ4n) is 2.24. The van der Waals surface area contributed by atoms with Gasteiger partial charge in [0.05, 0.1) is 17.6 Å². The number of hydrogen-bond acceptors (Lipinski definition) is 3. The Labute approximate surface area is 132 Å². The Kier molecular flexibility index (Phi) is 4.14. The number of carbonyl (C=O) groups is 1. The Morgan fingerprint density at radius 2 is 1.83 bits per heavy atom. The maximum Gasteiger partial charge on any atom is 0.323 e. The van der Waals surface area contributed by atoms with Crippen LogP contribution in [-0.2, 0) is 0 Å². The average Bonchev–Trinajstić information content (AvgIpc) is 2.92. The molecule has 0 aliphatic carbocycles. The number of aromatic nitrogens is 2. The number of benzene rings is 2. The smallest absolute Gasteiger partial charge is 0.323 e. The summed E-state index contributed by atoms with van der Waals surface area (Å²) in [6, 6.07) is 12.2. The second-order valence-electron chi connectivity index (χ2n) is 5.17. The van der Waals surface area contributed by atoms with Crippen LogP contribution in [0.15, 0.2) is 47.3 Å². The molecule has 0 saturated carbocycles. The van der Waals surface area contributed by atoms with Gasteiger partial charge < -0.3 is 20.0 Å². The van der Waals surface area contributed by atoms with Gasteiger partial charge in [0, 0.05) is 11.3 Å². The predicted octanol–water partition coefficient (Wildman–Crippen LogP) is 2.90. The van der Waals surface area contributed by atoms with Crippen LogP contribution in [0.3, 0.4) is 0 Å². The summed E-state index contributed by atoms with van der Waals surface area (Å²) in [6.07, 6.45) is 0.936. The molecule has 0 radical (unpaired) electrons. The minimum atomic E-state index is -0.272. The molecule has 0 aliphatic rings. The molecule has 3 aromatic rings. The van der Waals surface area contributed by atoms with E-state index in [-0.39, 0.29) is 11.6 Å². The minimum Gasteiger partial charge on any atom is -0.494 e. The van der Waals surface area contributed by atoms with E-state index in [1.807, 2.05) is 6.92 Å². The van der Waals surface area contributed by atoms with Gasteiger partial charge >= 0.3 is 5.69 Å². The maximum atomic E-state index is 12.2. The van der Waals surface area contributed by atoms with Gasteiger partial charge in [0.1, 0.15) is 5.75 Å². The zero-order valence-electron chi connectivity index (χ0n) is 12.7. The molecule has 0 fully saturated rings. The van der Waals surface area contributed by atoms with Gasteiger partial charge in [-0.25, -0.2) is 4.79 Å². The van der Waals surface area contributed by atoms with E-state index in [1.54, 1.807) is 42.5 Å². The van der Waals surface area contributed by atoms with Gasteiger partial charge in [-0.15, -0.1) is 0 Å². The lowest BCUT2D eigenvalue weighted by Gasteiger charge is -2.07. The van der Waals surface area contributed by atoms with Crippen molar-refractivity contribution >= 4 is 22.6 Å². The van der Waals surface area contributed by atoms with Crippen LogP contribution in [0.2, 0.25) is 0 Å². The van der Waals surface area contributed by atoms with Crippen molar-refractivity contribution in [3.05, 3.63) is 58.5 Å². The van der Waals surface area contributed by atoms with E-state index in [4.69, 9.17) is 4.74 Å². The van der Waals surface area contributed by atoms with Crippen molar-refractivity contribution in [3.63, 3.8) is 0 Å². The number of aromatic amines is 2. The summed E-state index contributed by atoms with van der Waals surface area (Å²) < 4.78 is 5.49. The molecule has 0 atom stereocenters. The third-order valence-electron chi connectivity index (χ3n) is 3.36. The van der Waals surface area contributed by atoms with Gasteiger partial charge in [0.25, 0.3) is 5.91 Å². The van der Waals surface area contributed by atoms with Crippen LogP contribution in [0, 0.1) is 0 Å². The van der Waals surface area contributed by atoms with Gasteiger partial charge in [0.15, 0.2) is 0 Å². The summed E-state index contributed by atoms with van der Waals surface area (Å²) in [5.74, 6) is 0.527. The zero-order valence-corrected chi connectivity index (χ0v) is 12.7. The number of fused-ring (bicyclic) bond motifs is 1. The van der Waals surface area contributed by atoms with Gasteiger partial charge in [-0.1, -0.05) is 6.92 Å². The molecule has 0 bridgehead atoms. The predicted molar refractivity (Wildman–Crippen MR) is 89.1 cm³/mol. The van der Waals surface area contributed by atoms with E-state index < -0.39 is 0 Å². The summed E-state index contributed by atoms with van der Waals surface area (Å²) in [6.45, 7) is 2.69. The van der Waals surface area contributed by atoms with Crippen molar-refractivity contribution in [2.24, 2.45) is 0 Å². The van der Waals surface area contributed by atoms with E-state index in [0.717, 1.165) is 12.2 Å². The topological polar surface area (TPSA) is 87.0 Å². The SMILES string of the molecule is CCCOc1ccc(C(=O)Nc2ccc3[nH]c(=O)[nH]c3c2)cc1. The fraction of sp³-hybridized carbons (Fsp3) is 0.176. The molecular weight excluding hydrogens is 294 g/mol. The van der Waals surface area contributed by atoms with E-state index in [1.165, 1.54) is 0 Å². The lowest BCUT2D eigenvalue weighted by atomic mass is 10.2. The van der Waals surface area contributed by atoms with Crippen molar-refractivity contribution in [3.8, 4) is 5.75 Å². The van der Waals surface area contributed by atoms with Crippen LogP contribution in [0.4, 0.5) is 5.69 Å². The van der Waals surface area contributed by atoms with Crippen LogP contribution in [0.25, 0.3) is 11.0 Å². The first-order chi connectivity index (χ1) is 11.2. The number of carbonyl (C=O) groups excluding carboxylic acids is 1. The molecule has 0 aliphatic heterocycles. The highest BCUT2D eigenvalue weighted by molar-refractivity contribution is 6.05. The largest absolute Gasteiger partial charge is 0.494 e. The highest BCUT2D eigenvalue weighted by Crippen LogP contribution is 2.17. The molecule has 1 heterocycles. The van der Waals surface area contributed by atoms with Crippen molar-refractivity contribution in [1.29, 1.82) is 0 Å². The summed E-state index contributed by atoms with van der Waals surface area (Å²) in [5.41, 5.74) is 2.23. The van der Waals surface area contributed by atoms with Crippen molar-refractivity contribution in [2.45, 2.75) is 13.3 Å². The number of amides is 1. The van der Waals surface area contributed by atoms with Gasteiger partial charge in [0.2, 0.25) is 0 Å². The summed E-state index contributed by atoms with van der Waals surface area (Å²) in [4.78, 5) is 28.8. The van der Waals surface area contributed by atoms with Crippen LogP contribution >= 0.6 is 0 Å². The fourth-order valence-corrected chi connectivity index (χ4v) is 2.24. The molecule has 1 amide bonds. The molecule has 0 unspecified atom stereocenters. The number of nitrogens with one attached hydrogen (secondary N) is 3. The molecule has 6 heteroatoms. The molecule has 2 aromatic carbocycles. The number of H-pyrrole nitrogens is 2. The summed E-state index contributed by atoms with van der Waals surface area (Å²) in [5, 5.41) is 2.81. The number of anilines is 1. The van der Waals surface area contributed by atoms with Gasteiger partial charge in [-0.2, -0.15) is 0 Å². The molecular formula is C17H17N3O3. The van der Waals surface area contributed by atoms with Gasteiger partial charge in [-0.3, -0.25) is 4.79 Å². The maximum absolute atomic E-state index is 12.2. The summed E-state index contributed by atoms with van der Waals surface area (Å²) in [7, 11) is 0. The van der Waals surface area contributed by atoms with Crippen LogP contribution in [0.1, 0.15) is 23.7 Å². The van der Waals surface area contributed by atoms with Crippen LogP contribution in [-0.4, -0.2) is 22.5 Å². The lowest BCUT2D eigenvalue weighted by molar-refractivity contribution is 0.102. The quantitative estimate of drug-likeness (QED) is 0.677. The first kappa shape index (κ1) is 14.9. The van der Waals surface area contributed by atoms with Gasteiger partial charge in [-0.05, 0) is 48.9 Å². The second kappa shape index (κ2) is 6.39. The lowest BCUT2D eigenvalue weighted by Crippen LogP contribution is -2.11. The number of rotatable bonds is 5. The first-order valence-electron chi connectivity index (χ1n) is 7.42. The average molecular weight is 311 g/mol. The van der Waals surface area contributed by atoms with E-state index >= 15 is 0 Å². The number of imidazole rings is 1. The highest BCUT2D eigenvalue weighted by Gasteiger charge is 2.07. The van der Waals surface area contributed by atoms with Crippen molar-refractivity contribution in [2.75, 3.05) is 11.9 Å². The number of ether oxygens (including phenoxy) is 1. The molecule has 1 aromatic heterocycles. The van der Waals surface area contributed by atoms with Crippen LogP contribution in [0.5, 0.6) is 5.75 Å². The summed E-state index contributed by atoms with van der Waals surface area (Å²) >= 11 is 0. The van der Waals surface area contributed by atoms with Crippen molar-refractivity contribution < 1.29 is 9.53 Å². The molecule has 23 heavy (non-hydrogen) atoms. The molecule has 0 saturated heterocycles. The normalized spacial score (nSPS) is 10.7. The Morgan fingerprint density at radius 3 is 2.57 bits per heavy atom. The zero-order chi connectivity index (χ0) is 16.2. The van der Waals surface area contributed by atoms with E-state index in [9.17, 15) is 9.59 Å². The molecule has 6 nitrogen and oxygen atoms in total. The first-order valence-corrected chi connectivity index (χ1v) is 7.42. The monoisotopic (exact) mass is 311 g/mol. The Bertz CT molecular complexity index is 878. The Hall–Kier alpha value is -3.02. The second-order valence-corrected chi connectivity index (χ2v) is 5.17. The molecule has 3 N–H and O–H groups in total. The standard InChI is InChI=1S/C17H17N3O3/c1-2-9-23-13-6-3-11(4-7-13)16(21)18-12-5-8-14-15(10-12)20-17(22)19-14/h3-8,10H,2,9H2,1H3,(H,18,21)(H2,19,20,22). The molecule has 118 valence electrons. The third kappa shape index (κ3) is 3.42. The Morgan fingerprint density at radius 1 is 1.09 bits per heavy atom. The number of hydrogen-bond donors (Lipinski definition) is 3. The van der Waals surface area contributed by atoms with Crippen LogP contribution < -0.4 is 15.7 Å². The minimum absolute atomic E-state index is 0.218. The van der Waals surface area contributed by atoms with Crippen molar-refractivity contribution in [1.82, 2.24) is 9.97 Å². The molecule has 3 rings (SSSR count). The van der Waals surface area contributed by atoms with E-state index in [2.05, 4.69) is 15.3 Å². The third-order valence-corrected chi connectivity index (χ3v) is 3.36. The van der Waals surface area contributed by atoms with E-state index in [0.29, 0.717) is 28.9 Å². The highest BCUT2D eigenvalue weighted by atomic mass is 16.5. The Balaban J connectivity index is 1.73. The molecule has 0 spiro atoms.